The van der Waals surface area contributed by atoms with Crippen LogP contribution < -0.4 is 5.32 Å². The Morgan fingerprint density at radius 1 is 1.83 bits per heavy atom. The molecule has 0 amide bonds. The molecule has 1 heterocycles. The van der Waals surface area contributed by atoms with Gasteiger partial charge in [-0.05, 0) is 7.05 Å². The normalized spacial score (nSPS) is 10.1. The van der Waals surface area contributed by atoms with Gasteiger partial charge in [-0.3, -0.25) is 4.68 Å². The Kier molecular flexibility index (Phi) is 2.76. The third-order valence-electron chi connectivity index (χ3n) is 1.35. The largest absolute Gasteiger partial charge is 0.476 e. The molecule has 0 unspecified atom stereocenters. The number of rotatable bonds is 4. The zero-order chi connectivity index (χ0) is 8.97. The first-order valence-electron chi connectivity index (χ1n) is 3.52. The molecule has 0 saturated heterocycles. The van der Waals surface area contributed by atoms with Gasteiger partial charge in [0, 0.05) is 6.54 Å². The van der Waals surface area contributed by atoms with E-state index < -0.39 is 5.97 Å². The third-order valence-corrected chi connectivity index (χ3v) is 1.35. The smallest absolute Gasteiger partial charge is 0.358 e. The second kappa shape index (κ2) is 3.82. The van der Waals surface area contributed by atoms with E-state index in [0.717, 1.165) is 6.54 Å². The average Bonchev–Trinajstić information content (AvgIpc) is 2.48. The number of carbonyl (C=O) groups is 1. The van der Waals surface area contributed by atoms with Crippen LogP contribution in [0.25, 0.3) is 0 Å². The van der Waals surface area contributed by atoms with E-state index in [1.807, 2.05) is 7.05 Å². The first-order valence-corrected chi connectivity index (χ1v) is 3.52. The van der Waals surface area contributed by atoms with Crippen molar-refractivity contribution in [2.75, 3.05) is 13.6 Å². The highest BCUT2D eigenvalue weighted by Gasteiger charge is 2.06. The topological polar surface area (TPSA) is 80.0 Å². The van der Waals surface area contributed by atoms with Gasteiger partial charge in [0.25, 0.3) is 0 Å². The molecule has 0 bridgehead atoms. The molecule has 0 fully saturated rings. The number of hydrogen-bond acceptors (Lipinski definition) is 4. The van der Waals surface area contributed by atoms with Gasteiger partial charge in [-0.25, -0.2) is 4.79 Å². The Hall–Kier alpha value is -1.43. The first-order chi connectivity index (χ1) is 5.74. The number of aromatic nitrogens is 3. The van der Waals surface area contributed by atoms with Crippen LogP contribution in [0.5, 0.6) is 0 Å². The van der Waals surface area contributed by atoms with Crippen LogP contribution in [-0.4, -0.2) is 39.7 Å². The highest BCUT2D eigenvalue weighted by molar-refractivity contribution is 5.84. The van der Waals surface area contributed by atoms with Crippen LogP contribution in [0.4, 0.5) is 0 Å². The molecule has 2 N–H and O–H groups in total. The summed E-state index contributed by atoms with van der Waals surface area (Å²) in [6, 6.07) is 0. The fourth-order valence-corrected chi connectivity index (χ4v) is 0.732. The number of carboxylic acid groups (broad SMARTS) is 1. The maximum Gasteiger partial charge on any atom is 0.358 e. The fourth-order valence-electron chi connectivity index (χ4n) is 0.732. The Morgan fingerprint density at radius 3 is 3.08 bits per heavy atom. The lowest BCUT2D eigenvalue weighted by molar-refractivity contribution is 0.0690. The summed E-state index contributed by atoms with van der Waals surface area (Å²) in [5.74, 6) is -1.05. The van der Waals surface area contributed by atoms with Gasteiger partial charge in [-0.1, -0.05) is 5.21 Å². The molecule has 6 heteroatoms. The molecule has 0 aliphatic carbocycles. The van der Waals surface area contributed by atoms with E-state index in [1.54, 1.807) is 0 Å². The molecular formula is C6H10N4O2. The molecule has 0 atom stereocenters. The van der Waals surface area contributed by atoms with Crippen LogP contribution in [0.15, 0.2) is 6.20 Å². The molecule has 0 aliphatic heterocycles. The van der Waals surface area contributed by atoms with E-state index in [4.69, 9.17) is 5.11 Å². The van der Waals surface area contributed by atoms with Crippen molar-refractivity contribution >= 4 is 5.97 Å². The molecule has 1 aromatic heterocycles. The summed E-state index contributed by atoms with van der Waals surface area (Å²) in [4.78, 5) is 10.4. The lowest BCUT2D eigenvalue weighted by Crippen LogP contribution is -2.15. The van der Waals surface area contributed by atoms with Gasteiger partial charge in [0.05, 0.1) is 12.7 Å². The minimum Gasteiger partial charge on any atom is -0.476 e. The Balaban J connectivity index is 2.58. The van der Waals surface area contributed by atoms with Crippen LogP contribution in [-0.2, 0) is 6.54 Å². The lowest BCUT2D eigenvalue weighted by Gasteiger charge is -1.96. The molecule has 1 aromatic rings. The zero-order valence-electron chi connectivity index (χ0n) is 6.69. The Bertz CT molecular complexity index is 270. The number of carboxylic acids is 1. The zero-order valence-corrected chi connectivity index (χ0v) is 6.69. The highest BCUT2D eigenvalue weighted by atomic mass is 16.4. The summed E-state index contributed by atoms with van der Waals surface area (Å²) >= 11 is 0. The standard InChI is InChI=1S/C6H10N4O2/c1-7-2-3-10-4-5(6(11)12)8-9-10/h4,7H,2-3H2,1H3,(H,11,12). The summed E-state index contributed by atoms with van der Waals surface area (Å²) in [6.07, 6.45) is 1.40. The molecule has 0 aromatic carbocycles. The van der Waals surface area contributed by atoms with Gasteiger partial charge >= 0.3 is 5.97 Å². The van der Waals surface area contributed by atoms with E-state index >= 15 is 0 Å². The van der Waals surface area contributed by atoms with Crippen molar-refractivity contribution in [3.63, 3.8) is 0 Å². The van der Waals surface area contributed by atoms with E-state index in [1.165, 1.54) is 10.9 Å². The Labute approximate surface area is 69.2 Å². The van der Waals surface area contributed by atoms with Gasteiger partial charge < -0.3 is 10.4 Å². The molecule has 1 rings (SSSR count). The van der Waals surface area contributed by atoms with Gasteiger partial charge in [0.15, 0.2) is 5.69 Å². The number of hydrogen-bond donors (Lipinski definition) is 2. The second-order valence-corrected chi connectivity index (χ2v) is 2.28. The monoisotopic (exact) mass is 170 g/mol. The van der Waals surface area contributed by atoms with Crippen LogP contribution in [0, 0.1) is 0 Å². The summed E-state index contributed by atoms with van der Waals surface area (Å²) in [6.45, 7) is 1.36. The molecule has 0 spiro atoms. The van der Waals surface area contributed by atoms with Crippen LogP contribution in [0.3, 0.4) is 0 Å². The van der Waals surface area contributed by atoms with Crippen LogP contribution in [0.2, 0.25) is 0 Å². The summed E-state index contributed by atoms with van der Waals surface area (Å²) in [5.41, 5.74) is -0.0221. The number of nitrogens with one attached hydrogen (secondary N) is 1. The van der Waals surface area contributed by atoms with E-state index in [0.29, 0.717) is 6.54 Å². The van der Waals surface area contributed by atoms with E-state index in [-0.39, 0.29) is 5.69 Å². The van der Waals surface area contributed by atoms with Crippen molar-refractivity contribution in [1.82, 2.24) is 20.3 Å². The average molecular weight is 170 g/mol. The minimum absolute atomic E-state index is 0.0221. The van der Waals surface area contributed by atoms with Gasteiger partial charge in [0.2, 0.25) is 0 Å². The molecule has 0 radical (unpaired) electrons. The number of likely N-dealkylation sites (N-methyl/N-ethyl adjacent to an activating group) is 1. The SMILES string of the molecule is CNCCn1cc(C(=O)O)nn1. The predicted molar refractivity (Wildman–Crippen MR) is 40.9 cm³/mol. The van der Waals surface area contributed by atoms with Crippen LogP contribution >= 0.6 is 0 Å². The van der Waals surface area contributed by atoms with Crippen molar-refractivity contribution in [3.8, 4) is 0 Å². The van der Waals surface area contributed by atoms with Crippen LogP contribution in [0.1, 0.15) is 10.5 Å². The summed E-state index contributed by atoms with van der Waals surface area (Å²) in [7, 11) is 1.81. The Morgan fingerprint density at radius 2 is 2.58 bits per heavy atom. The van der Waals surface area contributed by atoms with Crippen molar-refractivity contribution in [1.29, 1.82) is 0 Å². The summed E-state index contributed by atoms with van der Waals surface area (Å²) < 4.78 is 1.49. The van der Waals surface area contributed by atoms with Crippen molar-refractivity contribution < 1.29 is 9.90 Å². The number of nitrogens with zero attached hydrogens (tertiary/aromatic N) is 3. The van der Waals surface area contributed by atoms with Crippen molar-refractivity contribution in [2.24, 2.45) is 0 Å². The van der Waals surface area contributed by atoms with E-state index in [2.05, 4.69) is 15.6 Å². The maximum absolute atomic E-state index is 10.4. The van der Waals surface area contributed by atoms with Gasteiger partial charge in [-0.15, -0.1) is 5.10 Å². The predicted octanol–water partition coefficient (Wildman–Crippen LogP) is -0.804. The molecule has 0 aliphatic rings. The van der Waals surface area contributed by atoms with Gasteiger partial charge in [-0.2, -0.15) is 0 Å². The van der Waals surface area contributed by atoms with E-state index in [9.17, 15) is 4.79 Å². The molecule has 6 nitrogen and oxygen atoms in total. The molecule has 12 heavy (non-hydrogen) atoms. The molecule has 0 saturated carbocycles. The highest BCUT2D eigenvalue weighted by Crippen LogP contribution is 1.91. The summed E-state index contributed by atoms with van der Waals surface area (Å²) in [5, 5.41) is 18.5. The quantitative estimate of drug-likeness (QED) is 0.618. The lowest BCUT2D eigenvalue weighted by atomic mass is 10.5. The van der Waals surface area contributed by atoms with Gasteiger partial charge in [0.1, 0.15) is 0 Å². The minimum atomic E-state index is -1.05. The number of aromatic carboxylic acids is 1. The van der Waals surface area contributed by atoms with Crippen molar-refractivity contribution in [2.45, 2.75) is 6.54 Å². The maximum atomic E-state index is 10.4. The fraction of sp³-hybridized carbons (Fsp3) is 0.500. The second-order valence-electron chi connectivity index (χ2n) is 2.28. The third kappa shape index (κ3) is 2.03. The van der Waals surface area contributed by atoms with Crippen molar-refractivity contribution in [3.05, 3.63) is 11.9 Å². The first kappa shape index (κ1) is 8.66. The molecular weight excluding hydrogens is 160 g/mol. The molecule has 66 valence electrons.